The molecular weight excluding hydrogens is 433 g/mol. The molecule has 32 heavy (non-hydrogen) atoms. The summed E-state index contributed by atoms with van der Waals surface area (Å²) in [6.45, 7) is 2.42. The third-order valence-electron chi connectivity index (χ3n) is 5.11. The molecule has 0 amide bonds. The topological polar surface area (TPSA) is 83.2 Å². The Balaban J connectivity index is 2.05. The number of halogens is 1. The number of rotatable bonds is 6. The van der Waals surface area contributed by atoms with Gasteiger partial charge in [0.05, 0.1) is 29.6 Å². The zero-order valence-corrected chi connectivity index (χ0v) is 18.7. The number of aryl methyl sites for hydroxylation is 1. The second kappa shape index (κ2) is 8.23. The number of nitrogens with zero attached hydrogens (tertiary/aromatic N) is 3. The van der Waals surface area contributed by atoms with Crippen LogP contribution in [-0.4, -0.2) is 35.6 Å². The lowest BCUT2D eigenvalue weighted by atomic mass is 9.99. The highest BCUT2D eigenvalue weighted by Crippen LogP contribution is 2.36. The third-order valence-corrected chi connectivity index (χ3v) is 6.22. The normalized spacial score (nSPS) is 11.8. The average molecular weight is 456 g/mol. The van der Waals surface area contributed by atoms with Gasteiger partial charge in [-0.25, -0.2) is 17.5 Å². The molecule has 2 heterocycles. The van der Waals surface area contributed by atoms with Crippen molar-refractivity contribution in [1.82, 2.24) is 14.3 Å². The van der Waals surface area contributed by atoms with E-state index in [0.29, 0.717) is 39.9 Å². The quantitative estimate of drug-likeness (QED) is 0.443. The number of fused-ring (bicyclic) bond motifs is 1. The van der Waals surface area contributed by atoms with Crippen LogP contribution in [0.15, 0.2) is 64.7 Å². The zero-order valence-electron chi connectivity index (χ0n) is 17.9. The Morgan fingerprint density at radius 2 is 1.84 bits per heavy atom. The number of aromatic nitrogens is 3. The number of ether oxygens (including phenoxy) is 1. The highest BCUT2D eigenvalue weighted by molar-refractivity contribution is 7.90. The van der Waals surface area contributed by atoms with E-state index in [1.54, 1.807) is 43.6 Å². The smallest absolute Gasteiger partial charge is 0.258 e. The van der Waals surface area contributed by atoms with Crippen LogP contribution in [0, 0.1) is 5.82 Å². The van der Waals surface area contributed by atoms with Crippen molar-refractivity contribution in [2.75, 3.05) is 12.9 Å². The van der Waals surface area contributed by atoms with Crippen LogP contribution in [0.2, 0.25) is 0 Å². The van der Waals surface area contributed by atoms with E-state index in [-0.39, 0.29) is 10.5 Å². The molecule has 166 valence electrons. The first-order valence-electron chi connectivity index (χ1n) is 10.00. The van der Waals surface area contributed by atoms with E-state index >= 15 is 0 Å². The van der Waals surface area contributed by atoms with Crippen molar-refractivity contribution < 1.29 is 17.5 Å². The molecule has 0 saturated heterocycles. The van der Waals surface area contributed by atoms with Crippen molar-refractivity contribution in [2.24, 2.45) is 7.05 Å². The van der Waals surface area contributed by atoms with Crippen molar-refractivity contribution in [3.05, 3.63) is 71.2 Å². The molecule has 0 radical (unpaired) electrons. The molecule has 4 rings (SSSR count). The first-order chi connectivity index (χ1) is 15.2. The summed E-state index contributed by atoms with van der Waals surface area (Å²) in [5.41, 5.74) is 1.52. The van der Waals surface area contributed by atoms with Gasteiger partial charge in [-0.1, -0.05) is 6.92 Å². The Hall–Kier alpha value is -3.46. The number of pyridine rings is 1. The molecule has 4 aromatic rings. The van der Waals surface area contributed by atoms with Crippen LogP contribution in [0.3, 0.4) is 0 Å². The Bertz CT molecular complexity index is 1490. The van der Waals surface area contributed by atoms with Crippen LogP contribution in [0.4, 0.5) is 4.39 Å². The van der Waals surface area contributed by atoms with Gasteiger partial charge in [0.25, 0.3) is 5.56 Å². The van der Waals surface area contributed by atoms with Gasteiger partial charge in [0.15, 0.2) is 15.7 Å². The standard InChI is InChI=1S/C23H22FN3O4S/c1-4-9-31-22-8-6-17(32(3,29)30)11-20(22)21-14-26(2)23(28)18-7-5-16(10-19(18)21)27-13-15(24)12-25-27/h5-8,10-14H,4,9H2,1-3H3. The maximum Gasteiger partial charge on any atom is 0.258 e. The first-order valence-corrected chi connectivity index (χ1v) is 11.9. The highest BCUT2D eigenvalue weighted by atomic mass is 32.2. The molecule has 2 aromatic heterocycles. The molecule has 9 heteroatoms. The highest BCUT2D eigenvalue weighted by Gasteiger charge is 2.18. The summed E-state index contributed by atoms with van der Waals surface area (Å²) in [6.07, 6.45) is 5.90. The summed E-state index contributed by atoms with van der Waals surface area (Å²) in [7, 11) is -1.84. The fraction of sp³-hybridized carbons (Fsp3) is 0.217. The minimum atomic E-state index is -3.47. The van der Waals surface area contributed by atoms with Crippen LogP contribution in [-0.2, 0) is 16.9 Å². The minimum Gasteiger partial charge on any atom is -0.493 e. The van der Waals surface area contributed by atoms with E-state index in [9.17, 15) is 17.6 Å². The van der Waals surface area contributed by atoms with Crippen LogP contribution in [0.1, 0.15) is 13.3 Å². The second-order valence-electron chi connectivity index (χ2n) is 7.57. The van der Waals surface area contributed by atoms with Gasteiger partial charge in [0, 0.05) is 36.0 Å². The molecule has 0 aliphatic rings. The molecule has 0 saturated carbocycles. The number of benzene rings is 2. The van der Waals surface area contributed by atoms with Crippen molar-refractivity contribution >= 4 is 20.6 Å². The molecule has 0 spiro atoms. The Kier molecular flexibility index (Phi) is 5.60. The second-order valence-corrected chi connectivity index (χ2v) is 9.59. The predicted molar refractivity (Wildman–Crippen MR) is 121 cm³/mol. The van der Waals surface area contributed by atoms with Crippen molar-refractivity contribution in [3.8, 4) is 22.6 Å². The summed E-state index contributed by atoms with van der Waals surface area (Å²) >= 11 is 0. The molecule has 0 N–H and O–H groups in total. The van der Waals surface area contributed by atoms with Gasteiger partial charge in [-0.2, -0.15) is 5.10 Å². The molecule has 7 nitrogen and oxygen atoms in total. The fourth-order valence-electron chi connectivity index (χ4n) is 3.54. The molecule has 0 aliphatic carbocycles. The monoisotopic (exact) mass is 455 g/mol. The minimum absolute atomic E-state index is 0.142. The summed E-state index contributed by atoms with van der Waals surface area (Å²) in [4.78, 5) is 12.9. The lowest BCUT2D eigenvalue weighted by Gasteiger charge is -2.16. The van der Waals surface area contributed by atoms with Gasteiger partial charge in [-0.15, -0.1) is 0 Å². The largest absolute Gasteiger partial charge is 0.493 e. The van der Waals surface area contributed by atoms with Gasteiger partial charge in [0.2, 0.25) is 0 Å². The fourth-order valence-corrected chi connectivity index (χ4v) is 4.19. The molecule has 0 aliphatic heterocycles. The van der Waals surface area contributed by atoms with Crippen molar-refractivity contribution in [2.45, 2.75) is 18.2 Å². The Morgan fingerprint density at radius 3 is 2.50 bits per heavy atom. The third kappa shape index (κ3) is 4.03. The van der Waals surface area contributed by atoms with Crippen LogP contribution in [0.5, 0.6) is 5.75 Å². The van der Waals surface area contributed by atoms with Gasteiger partial charge < -0.3 is 9.30 Å². The lowest BCUT2D eigenvalue weighted by Crippen LogP contribution is -2.17. The summed E-state index contributed by atoms with van der Waals surface area (Å²) in [5.74, 6) is 0.0279. The molecule has 2 aromatic carbocycles. The van der Waals surface area contributed by atoms with Gasteiger partial charge in [0.1, 0.15) is 5.75 Å². The van der Waals surface area contributed by atoms with Crippen LogP contribution < -0.4 is 10.3 Å². The van der Waals surface area contributed by atoms with Crippen molar-refractivity contribution in [3.63, 3.8) is 0 Å². The first kappa shape index (κ1) is 21.8. The van der Waals surface area contributed by atoms with Crippen LogP contribution in [0.25, 0.3) is 27.6 Å². The van der Waals surface area contributed by atoms with Gasteiger partial charge >= 0.3 is 0 Å². The predicted octanol–water partition coefficient (Wildman–Crippen LogP) is 3.72. The van der Waals surface area contributed by atoms with E-state index in [4.69, 9.17) is 4.74 Å². The summed E-state index contributed by atoms with van der Waals surface area (Å²) in [6, 6.07) is 9.76. The molecular formula is C23H22FN3O4S. The van der Waals surface area contributed by atoms with E-state index in [1.165, 1.54) is 21.5 Å². The summed E-state index contributed by atoms with van der Waals surface area (Å²) in [5, 5.41) is 5.01. The average Bonchev–Trinajstić information content (AvgIpc) is 3.20. The van der Waals surface area contributed by atoms with E-state index in [2.05, 4.69) is 5.10 Å². The molecule has 0 unspecified atom stereocenters. The number of hydrogen-bond acceptors (Lipinski definition) is 5. The van der Waals surface area contributed by atoms with Gasteiger partial charge in [-0.05, 0) is 48.2 Å². The van der Waals surface area contributed by atoms with Crippen LogP contribution >= 0.6 is 0 Å². The SMILES string of the molecule is CCCOc1ccc(S(C)(=O)=O)cc1-c1cn(C)c(=O)c2ccc(-n3cc(F)cn3)cc12. The summed E-state index contributed by atoms with van der Waals surface area (Å²) < 4.78 is 46.7. The number of sulfone groups is 1. The molecule has 0 fully saturated rings. The lowest BCUT2D eigenvalue weighted by molar-refractivity contribution is 0.318. The van der Waals surface area contributed by atoms with Gasteiger partial charge in [-0.3, -0.25) is 4.79 Å². The maximum absolute atomic E-state index is 13.5. The van der Waals surface area contributed by atoms with E-state index < -0.39 is 15.7 Å². The van der Waals surface area contributed by atoms with E-state index in [0.717, 1.165) is 18.9 Å². The van der Waals surface area contributed by atoms with Crippen molar-refractivity contribution in [1.29, 1.82) is 0 Å². The van der Waals surface area contributed by atoms with E-state index in [1.807, 2.05) is 6.92 Å². The Morgan fingerprint density at radius 1 is 1.06 bits per heavy atom. The molecule has 0 atom stereocenters. The maximum atomic E-state index is 13.5. The zero-order chi connectivity index (χ0) is 23.0. The Labute approximate surface area is 184 Å². The number of hydrogen-bond donors (Lipinski definition) is 0. The molecule has 0 bridgehead atoms.